The number of amides is 1. The van der Waals surface area contributed by atoms with Crippen LogP contribution in [0.4, 0.5) is 0 Å². The Morgan fingerprint density at radius 2 is 2.08 bits per heavy atom. The summed E-state index contributed by atoms with van der Waals surface area (Å²) in [6.07, 6.45) is 4.39. The number of rotatable bonds is 2. The second kappa shape index (κ2) is 6.30. The fourth-order valence-corrected chi connectivity index (χ4v) is 5.39. The highest BCUT2D eigenvalue weighted by molar-refractivity contribution is 7.11. The number of carbonyl (C=O) groups excluding carboxylic acids is 1. The zero-order chi connectivity index (χ0) is 16.7. The summed E-state index contributed by atoms with van der Waals surface area (Å²) in [6, 6.07) is 8.47. The minimum Gasteiger partial charge on any atom is -0.273 e. The Morgan fingerprint density at radius 3 is 2.75 bits per heavy atom. The first-order valence-corrected chi connectivity index (χ1v) is 10.1. The van der Waals surface area contributed by atoms with Gasteiger partial charge < -0.3 is 0 Å². The summed E-state index contributed by atoms with van der Waals surface area (Å²) < 4.78 is 0. The highest BCUT2D eigenvalue weighted by Crippen LogP contribution is 2.47. The molecule has 3 nitrogen and oxygen atoms in total. The highest BCUT2D eigenvalue weighted by atomic mass is 32.1. The molecule has 4 rings (SSSR count). The fourth-order valence-electron chi connectivity index (χ4n) is 3.83. The lowest BCUT2D eigenvalue weighted by Gasteiger charge is -2.31. The van der Waals surface area contributed by atoms with Crippen LogP contribution in [0, 0.1) is 11.8 Å². The van der Waals surface area contributed by atoms with Crippen molar-refractivity contribution < 1.29 is 4.79 Å². The van der Waals surface area contributed by atoms with E-state index in [0.717, 1.165) is 18.6 Å². The van der Waals surface area contributed by atoms with E-state index in [9.17, 15) is 4.79 Å². The van der Waals surface area contributed by atoms with Gasteiger partial charge in [0, 0.05) is 22.6 Å². The van der Waals surface area contributed by atoms with Crippen molar-refractivity contribution in [3.8, 4) is 0 Å². The second-order valence-electron chi connectivity index (χ2n) is 6.65. The van der Waals surface area contributed by atoms with Gasteiger partial charge in [-0.15, -0.1) is 22.7 Å². The maximum Gasteiger partial charge on any atom is 0.240 e. The summed E-state index contributed by atoms with van der Waals surface area (Å²) in [6.45, 7) is 3.93. The van der Waals surface area contributed by atoms with Crippen LogP contribution in [0.5, 0.6) is 0 Å². The number of allylic oxidation sites excluding steroid dienone is 1. The molecular weight excluding hydrogens is 336 g/mol. The average molecular weight is 357 g/mol. The quantitative estimate of drug-likeness (QED) is 0.728. The molecule has 0 radical (unpaired) electrons. The van der Waals surface area contributed by atoms with Gasteiger partial charge in [0.15, 0.2) is 0 Å². The lowest BCUT2D eigenvalue weighted by molar-refractivity contribution is -0.131. The van der Waals surface area contributed by atoms with Crippen molar-refractivity contribution in [2.75, 3.05) is 0 Å². The Labute approximate surface area is 150 Å². The van der Waals surface area contributed by atoms with E-state index in [-0.39, 0.29) is 11.9 Å². The Hall–Kier alpha value is -1.72. The largest absolute Gasteiger partial charge is 0.273 e. The highest BCUT2D eigenvalue weighted by Gasteiger charge is 2.44. The summed E-state index contributed by atoms with van der Waals surface area (Å²) in [5.41, 5.74) is 2.42. The molecule has 2 aromatic rings. The molecule has 1 fully saturated rings. The Balaban J connectivity index is 1.77. The number of hydrogen-bond donors (Lipinski definition) is 0. The maximum absolute atomic E-state index is 12.2. The van der Waals surface area contributed by atoms with E-state index in [4.69, 9.17) is 5.10 Å². The van der Waals surface area contributed by atoms with E-state index in [1.54, 1.807) is 34.6 Å². The van der Waals surface area contributed by atoms with Gasteiger partial charge in [-0.25, -0.2) is 5.01 Å². The summed E-state index contributed by atoms with van der Waals surface area (Å²) in [5, 5.41) is 10.7. The predicted molar refractivity (Wildman–Crippen MR) is 101 cm³/mol. The molecule has 0 N–H and O–H groups in total. The van der Waals surface area contributed by atoms with Gasteiger partial charge in [-0.2, -0.15) is 5.10 Å². The molecule has 1 aliphatic carbocycles. The minimum atomic E-state index is 0.0263. The van der Waals surface area contributed by atoms with Crippen molar-refractivity contribution in [2.45, 2.75) is 32.7 Å². The van der Waals surface area contributed by atoms with Crippen LogP contribution in [0.1, 0.15) is 42.5 Å². The van der Waals surface area contributed by atoms with E-state index < -0.39 is 0 Å². The normalized spacial score (nSPS) is 28.1. The standard InChI is InChI=1S/C19H20N2OS2/c1-12-9-14(11-15-5-3-7-23-15)18-16(10-12)19(17-6-4-8-24-17)21(20-18)13(2)22/h3-8,11-12,16,19H,9-10H2,1-2H3/b14-11+/t12-,16+,19+/m0/s1. The van der Waals surface area contributed by atoms with Gasteiger partial charge in [0.2, 0.25) is 5.91 Å². The molecule has 1 amide bonds. The molecule has 0 saturated heterocycles. The molecule has 1 saturated carbocycles. The molecule has 1 aliphatic heterocycles. The van der Waals surface area contributed by atoms with Crippen molar-refractivity contribution in [1.29, 1.82) is 0 Å². The van der Waals surface area contributed by atoms with Crippen LogP contribution in [0.15, 0.2) is 45.7 Å². The Bertz CT molecular complexity index is 789. The third-order valence-electron chi connectivity index (χ3n) is 4.78. The van der Waals surface area contributed by atoms with E-state index >= 15 is 0 Å². The van der Waals surface area contributed by atoms with E-state index in [1.807, 2.05) is 0 Å². The average Bonchev–Trinajstić information content (AvgIpc) is 3.26. The number of carbonyl (C=O) groups is 1. The molecule has 2 aromatic heterocycles. The van der Waals surface area contributed by atoms with Crippen LogP contribution in [0.25, 0.3) is 6.08 Å². The number of hydrogen-bond acceptors (Lipinski definition) is 4. The van der Waals surface area contributed by atoms with Crippen molar-refractivity contribution in [1.82, 2.24) is 5.01 Å². The number of fused-ring (bicyclic) bond motifs is 1. The summed E-state index contributed by atoms with van der Waals surface area (Å²) in [4.78, 5) is 14.7. The minimum absolute atomic E-state index is 0.0263. The third-order valence-corrected chi connectivity index (χ3v) is 6.54. The summed E-state index contributed by atoms with van der Waals surface area (Å²) in [5.74, 6) is 0.940. The fraction of sp³-hybridized carbons (Fsp3) is 0.368. The molecule has 0 aromatic carbocycles. The van der Waals surface area contributed by atoms with Gasteiger partial charge in [0.1, 0.15) is 0 Å². The van der Waals surface area contributed by atoms with Crippen molar-refractivity contribution >= 4 is 40.4 Å². The molecule has 0 unspecified atom stereocenters. The molecular formula is C19H20N2OS2. The number of nitrogens with zero attached hydrogens (tertiary/aromatic N) is 2. The topological polar surface area (TPSA) is 32.7 Å². The zero-order valence-corrected chi connectivity index (χ0v) is 15.4. The third kappa shape index (κ3) is 2.76. The molecule has 24 heavy (non-hydrogen) atoms. The van der Waals surface area contributed by atoms with Gasteiger partial charge >= 0.3 is 0 Å². The molecule has 0 bridgehead atoms. The Kier molecular flexibility index (Phi) is 4.14. The van der Waals surface area contributed by atoms with Gasteiger partial charge in [-0.3, -0.25) is 4.79 Å². The monoisotopic (exact) mass is 356 g/mol. The first kappa shape index (κ1) is 15.8. The van der Waals surface area contributed by atoms with E-state index in [0.29, 0.717) is 11.8 Å². The van der Waals surface area contributed by atoms with Crippen LogP contribution < -0.4 is 0 Å². The zero-order valence-electron chi connectivity index (χ0n) is 13.8. The smallest absolute Gasteiger partial charge is 0.240 e. The van der Waals surface area contributed by atoms with Crippen LogP contribution in [-0.2, 0) is 4.79 Å². The first-order chi connectivity index (χ1) is 11.6. The second-order valence-corrected chi connectivity index (χ2v) is 8.60. The van der Waals surface area contributed by atoms with Crippen LogP contribution >= 0.6 is 22.7 Å². The van der Waals surface area contributed by atoms with Crippen molar-refractivity contribution in [2.24, 2.45) is 16.9 Å². The van der Waals surface area contributed by atoms with E-state index in [1.165, 1.54) is 15.3 Å². The molecule has 124 valence electrons. The van der Waals surface area contributed by atoms with Gasteiger partial charge in [-0.05, 0) is 53.3 Å². The lowest BCUT2D eigenvalue weighted by Crippen LogP contribution is -2.31. The summed E-state index contributed by atoms with van der Waals surface area (Å²) in [7, 11) is 0. The number of thiophene rings is 2. The van der Waals surface area contributed by atoms with Crippen LogP contribution in [0.3, 0.4) is 0 Å². The lowest BCUT2D eigenvalue weighted by atomic mass is 9.74. The van der Waals surface area contributed by atoms with Crippen molar-refractivity contribution in [3.05, 3.63) is 50.4 Å². The van der Waals surface area contributed by atoms with Gasteiger partial charge in [-0.1, -0.05) is 19.1 Å². The Morgan fingerprint density at radius 1 is 1.29 bits per heavy atom. The SMILES string of the molecule is CC(=O)N1N=C2/C(=C/c3cccs3)C[C@H](C)C[C@H]2[C@@H]1c1cccs1. The molecule has 2 aliphatic rings. The molecule has 0 spiro atoms. The molecule has 3 heterocycles. The van der Waals surface area contributed by atoms with Crippen molar-refractivity contribution in [3.63, 3.8) is 0 Å². The van der Waals surface area contributed by atoms with Gasteiger partial charge in [0.05, 0.1) is 11.8 Å². The maximum atomic E-state index is 12.2. The van der Waals surface area contributed by atoms with E-state index in [2.05, 4.69) is 48.0 Å². The number of hydrazone groups is 1. The first-order valence-electron chi connectivity index (χ1n) is 8.29. The molecule has 3 atom stereocenters. The summed E-state index contributed by atoms with van der Waals surface area (Å²) >= 11 is 3.47. The van der Waals surface area contributed by atoms with Crippen LogP contribution in [-0.4, -0.2) is 16.6 Å². The predicted octanol–water partition coefficient (Wildman–Crippen LogP) is 5.20. The van der Waals surface area contributed by atoms with Crippen LogP contribution in [0.2, 0.25) is 0 Å². The molecule has 5 heteroatoms. The van der Waals surface area contributed by atoms with Gasteiger partial charge in [0.25, 0.3) is 0 Å².